The maximum Gasteiger partial charge on any atom is 0.372 e. The minimum atomic E-state index is -1.07. The molecular weight excluding hydrogens is 450 g/mol. The molecule has 1 rings (SSSR count). The van der Waals surface area contributed by atoms with Crippen LogP contribution in [0, 0.1) is 3.57 Å². The van der Waals surface area contributed by atoms with Gasteiger partial charge < -0.3 is 14.6 Å². The predicted molar refractivity (Wildman–Crippen MR) is 80.7 cm³/mol. The largest absolute Gasteiger partial charge is 0.461 e. The number of halogens is 2. The zero-order valence-electron chi connectivity index (χ0n) is 8.94. The van der Waals surface area contributed by atoms with Crippen molar-refractivity contribution >= 4 is 49.2 Å². The normalized spacial score (nSPS) is 11.8. The molecule has 0 fully saturated rings. The molecule has 0 radical (unpaired) electrons. The lowest BCUT2D eigenvalue weighted by Crippen LogP contribution is -2.16. The molecule has 17 heavy (non-hydrogen) atoms. The topological polar surface area (TPSA) is 55.8 Å². The second kappa shape index (κ2) is 6.55. The van der Waals surface area contributed by atoms with Crippen LogP contribution in [0.1, 0.15) is 6.92 Å². The fraction of sp³-hybridized carbons (Fsp3) is 0.182. The van der Waals surface area contributed by atoms with E-state index < -0.39 is 10.3 Å². The van der Waals surface area contributed by atoms with E-state index in [1.54, 1.807) is 47.7 Å². The van der Waals surface area contributed by atoms with Gasteiger partial charge in [-0.15, -0.1) is 0 Å². The van der Waals surface area contributed by atoms with Crippen LogP contribution in [-0.4, -0.2) is 15.4 Å². The molecule has 0 saturated carbocycles. The van der Waals surface area contributed by atoms with Crippen molar-refractivity contribution in [1.82, 2.24) is 0 Å². The summed E-state index contributed by atoms with van der Waals surface area (Å²) in [5.74, 6) is 0.810. The van der Waals surface area contributed by atoms with Crippen molar-refractivity contribution in [2.45, 2.75) is 13.2 Å². The summed E-state index contributed by atoms with van der Waals surface area (Å²) in [4.78, 5) is 10.9. The first-order chi connectivity index (χ1) is 7.90. The number of carbonyl (C=O) groups excluding carboxylic acids is 1. The van der Waals surface area contributed by atoms with Gasteiger partial charge >= 0.3 is 3.98 Å². The molecule has 6 heteroatoms. The average Bonchev–Trinajstić information content (AvgIpc) is 2.22. The van der Waals surface area contributed by atoms with Crippen LogP contribution in [0.5, 0.6) is 11.5 Å². The molecule has 0 heterocycles. The standard InChI is InChI=1S/C11H10I2O4/c1-6(2)10(14)16-7-3-4-8(12)9(5-7)17-11(13)15/h3-5,10,14H,1H2,2H3. The van der Waals surface area contributed by atoms with Crippen molar-refractivity contribution < 1.29 is 19.4 Å². The van der Waals surface area contributed by atoms with E-state index in [0.29, 0.717) is 17.1 Å². The quantitative estimate of drug-likeness (QED) is 0.324. The predicted octanol–water partition coefficient (Wildman–Crippen LogP) is 3.50. The van der Waals surface area contributed by atoms with Crippen LogP contribution in [0.25, 0.3) is 0 Å². The molecule has 1 N–H and O–H groups in total. The fourth-order valence-electron chi connectivity index (χ4n) is 0.951. The molecule has 0 saturated heterocycles. The lowest BCUT2D eigenvalue weighted by molar-refractivity contribution is 0.0150. The number of rotatable bonds is 4. The maximum atomic E-state index is 10.9. The van der Waals surface area contributed by atoms with Crippen molar-refractivity contribution in [2.75, 3.05) is 0 Å². The molecule has 0 aliphatic heterocycles. The molecule has 1 aromatic rings. The SMILES string of the molecule is C=C(C)C(O)Oc1ccc(I)c(OC(=O)I)c1. The number of hydrogen-bond acceptors (Lipinski definition) is 4. The van der Waals surface area contributed by atoms with Gasteiger partial charge in [0.05, 0.1) is 26.2 Å². The molecule has 0 bridgehead atoms. The third-order valence-electron chi connectivity index (χ3n) is 1.76. The Hall–Kier alpha value is -0.350. The first-order valence-corrected chi connectivity index (χ1v) is 6.73. The van der Waals surface area contributed by atoms with Crippen LogP contribution in [0.15, 0.2) is 30.4 Å². The van der Waals surface area contributed by atoms with Gasteiger partial charge in [0.1, 0.15) is 11.5 Å². The summed E-state index contributed by atoms with van der Waals surface area (Å²) in [6.07, 6.45) is -1.07. The maximum absolute atomic E-state index is 10.9. The van der Waals surface area contributed by atoms with E-state index in [1.807, 2.05) is 22.6 Å². The molecule has 1 aromatic carbocycles. The Kier molecular flexibility index (Phi) is 5.67. The molecule has 92 valence electrons. The first-order valence-electron chi connectivity index (χ1n) is 4.57. The van der Waals surface area contributed by atoms with Crippen LogP contribution in [-0.2, 0) is 0 Å². The van der Waals surface area contributed by atoms with E-state index in [1.165, 1.54) is 0 Å². The van der Waals surface area contributed by atoms with Gasteiger partial charge in [-0.05, 0) is 47.2 Å². The molecule has 0 aliphatic carbocycles. The summed E-state index contributed by atoms with van der Waals surface area (Å²) >= 11 is 3.58. The second-order valence-corrected chi connectivity index (χ2v) is 5.29. The summed E-state index contributed by atoms with van der Waals surface area (Å²) in [5, 5.41) is 9.49. The molecule has 1 unspecified atom stereocenters. The van der Waals surface area contributed by atoms with Crippen LogP contribution >= 0.6 is 45.2 Å². The van der Waals surface area contributed by atoms with E-state index in [4.69, 9.17) is 9.47 Å². The highest BCUT2D eigenvalue weighted by Crippen LogP contribution is 2.27. The molecule has 0 spiro atoms. The number of carbonyl (C=O) groups is 1. The summed E-state index contributed by atoms with van der Waals surface area (Å²) < 4.78 is 10.5. The van der Waals surface area contributed by atoms with E-state index in [0.717, 1.165) is 3.57 Å². The highest BCUT2D eigenvalue weighted by Gasteiger charge is 2.10. The average molecular weight is 460 g/mol. The van der Waals surface area contributed by atoms with Crippen molar-refractivity contribution in [2.24, 2.45) is 0 Å². The Morgan fingerprint density at radius 1 is 1.53 bits per heavy atom. The molecular formula is C11H10I2O4. The van der Waals surface area contributed by atoms with Crippen molar-refractivity contribution in [3.63, 3.8) is 0 Å². The lowest BCUT2D eigenvalue weighted by atomic mass is 10.3. The first kappa shape index (κ1) is 14.7. The number of hydrogen-bond donors (Lipinski definition) is 1. The van der Waals surface area contributed by atoms with Crippen molar-refractivity contribution in [3.05, 3.63) is 33.9 Å². The van der Waals surface area contributed by atoms with Gasteiger partial charge in [-0.3, -0.25) is 0 Å². The highest BCUT2D eigenvalue weighted by molar-refractivity contribution is 14.1. The summed E-state index contributed by atoms with van der Waals surface area (Å²) in [6.45, 7) is 5.23. The van der Waals surface area contributed by atoms with Crippen molar-refractivity contribution in [1.29, 1.82) is 0 Å². The Bertz CT molecular complexity index is 445. The Morgan fingerprint density at radius 2 is 2.18 bits per heavy atom. The third kappa shape index (κ3) is 4.80. The number of aliphatic hydroxyl groups is 1. The molecule has 0 aromatic heterocycles. The van der Waals surface area contributed by atoms with Gasteiger partial charge in [-0.1, -0.05) is 6.58 Å². The number of ether oxygens (including phenoxy) is 2. The van der Waals surface area contributed by atoms with Crippen LogP contribution in [0.2, 0.25) is 0 Å². The van der Waals surface area contributed by atoms with Gasteiger partial charge in [0.2, 0.25) is 6.29 Å². The third-order valence-corrected chi connectivity index (χ3v) is 2.87. The Morgan fingerprint density at radius 3 is 2.71 bits per heavy atom. The molecule has 1 atom stereocenters. The minimum absolute atomic E-state index is 0.399. The monoisotopic (exact) mass is 460 g/mol. The Labute approximate surface area is 126 Å². The summed E-state index contributed by atoms with van der Waals surface area (Å²) in [5.41, 5.74) is 0.496. The van der Waals surface area contributed by atoms with E-state index in [-0.39, 0.29) is 0 Å². The zero-order valence-corrected chi connectivity index (χ0v) is 13.3. The number of benzene rings is 1. The van der Waals surface area contributed by atoms with E-state index >= 15 is 0 Å². The van der Waals surface area contributed by atoms with E-state index in [2.05, 4.69) is 6.58 Å². The number of aliphatic hydroxyl groups excluding tert-OH is 1. The fourth-order valence-corrected chi connectivity index (χ4v) is 1.63. The van der Waals surface area contributed by atoms with Gasteiger partial charge in [0.15, 0.2) is 0 Å². The minimum Gasteiger partial charge on any atom is -0.461 e. The lowest BCUT2D eigenvalue weighted by Gasteiger charge is -2.14. The molecule has 0 aliphatic rings. The zero-order chi connectivity index (χ0) is 13.0. The Balaban J connectivity index is 2.88. The second-order valence-electron chi connectivity index (χ2n) is 3.25. The summed E-state index contributed by atoms with van der Waals surface area (Å²) in [7, 11) is 0. The van der Waals surface area contributed by atoms with Gasteiger partial charge in [-0.2, -0.15) is 0 Å². The van der Waals surface area contributed by atoms with Crippen LogP contribution < -0.4 is 9.47 Å². The van der Waals surface area contributed by atoms with E-state index in [9.17, 15) is 9.90 Å². The summed E-state index contributed by atoms with van der Waals surface area (Å²) in [6, 6.07) is 4.96. The molecule has 0 amide bonds. The van der Waals surface area contributed by atoms with Gasteiger partial charge in [-0.25, -0.2) is 4.79 Å². The van der Waals surface area contributed by atoms with Gasteiger partial charge in [0.25, 0.3) is 0 Å². The van der Waals surface area contributed by atoms with Crippen LogP contribution in [0.3, 0.4) is 0 Å². The van der Waals surface area contributed by atoms with Crippen molar-refractivity contribution in [3.8, 4) is 11.5 Å². The van der Waals surface area contributed by atoms with Crippen LogP contribution in [0.4, 0.5) is 4.79 Å². The smallest absolute Gasteiger partial charge is 0.372 e. The highest BCUT2D eigenvalue weighted by atomic mass is 127. The molecule has 4 nitrogen and oxygen atoms in total. The van der Waals surface area contributed by atoms with Gasteiger partial charge in [0, 0.05) is 6.07 Å².